The zero-order valence-corrected chi connectivity index (χ0v) is 9.88. The van der Waals surface area contributed by atoms with Gasteiger partial charge in [-0.1, -0.05) is 26.7 Å². The standard InChI is InChI=1S/C12H25NO/c1-4-5-10(2)8-11-9-14-7-6-12(11)13-3/h10-13H,4-9H2,1-3H3. The fourth-order valence-corrected chi connectivity index (χ4v) is 2.54. The second-order valence-corrected chi connectivity index (χ2v) is 4.65. The van der Waals surface area contributed by atoms with Crippen LogP contribution < -0.4 is 5.32 Å². The third-order valence-electron chi connectivity index (χ3n) is 3.33. The first kappa shape index (κ1) is 12.0. The Morgan fingerprint density at radius 1 is 1.50 bits per heavy atom. The lowest BCUT2D eigenvalue weighted by atomic mass is 9.86. The normalized spacial score (nSPS) is 30.2. The Morgan fingerprint density at radius 2 is 2.29 bits per heavy atom. The lowest BCUT2D eigenvalue weighted by Gasteiger charge is -2.33. The summed E-state index contributed by atoms with van der Waals surface area (Å²) >= 11 is 0. The highest BCUT2D eigenvalue weighted by molar-refractivity contribution is 4.79. The largest absolute Gasteiger partial charge is 0.381 e. The molecule has 84 valence electrons. The average Bonchev–Trinajstić information content (AvgIpc) is 2.19. The van der Waals surface area contributed by atoms with Crippen molar-refractivity contribution >= 4 is 0 Å². The van der Waals surface area contributed by atoms with Gasteiger partial charge in [0.15, 0.2) is 0 Å². The van der Waals surface area contributed by atoms with Crippen LogP contribution in [-0.4, -0.2) is 26.3 Å². The van der Waals surface area contributed by atoms with E-state index in [0.29, 0.717) is 6.04 Å². The Kier molecular flexibility index (Phi) is 5.49. The van der Waals surface area contributed by atoms with Crippen LogP contribution in [0, 0.1) is 11.8 Å². The van der Waals surface area contributed by atoms with Gasteiger partial charge in [0.05, 0.1) is 6.61 Å². The average molecular weight is 199 g/mol. The predicted molar refractivity (Wildman–Crippen MR) is 60.5 cm³/mol. The summed E-state index contributed by atoms with van der Waals surface area (Å²) in [4.78, 5) is 0. The maximum Gasteiger partial charge on any atom is 0.0509 e. The number of rotatable bonds is 5. The van der Waals surface area contributed by atoms with Crippen molar-refractivity contribution in [3.63, 3.8) is 0 Å². The topological polar surface area (TPSA) is 21.3 Å². The molecule has 1 rings (SSSR count). The molecular formula is C12H25NO. The van der Waals surface area contributed by atoms with Crippen LogP contribution in [0.15, 0.2) is 0 Å². The van der Waals surface area contributed by atoms with Crippen LogP contribution in [0.4, 0.5) is 0 Å². The SMILES string of the molecule is CCCC(C)CC1COCCC1NC. The number of hydrogen-bond acceptors (Lipinski definition) is 2. The molecule has 0 saturated carbocycles. The molecule has 1 fully saturated rings. The molecule has 2 heteroatoms. The number of hydrogen-bond donors (Lipinski definition) is 1. The summed E-state index contributed by atoms with van der Waals surface area (Å²) in [5, 5.41) is 3.42. The Hall–Kier alpha value is -0.0800. The van der Waals surface area contributed by atoms with E-state index in [9.17, 15) is 0 Å². The van der Waals surface area contributed by atoms with Crippen LogP contribution in [0.2, 0.25) is 0 Å². The highest BCUT2D eigenvalue weighted by Gasteiger charge is 2.25. The molecule has 1 heterocycles. The first-order valence-corrected chi connectivity index (χ1v) is 6.03. The molecule has 0 spiro atoms. The number of ether oxygens (including phenoxy) is 1. The zero-order valence-electron chi connectivity index (χ0n) is 9.88. The molecule has 1 N–H and O–H groups in total. The van der Waals surface area contributed by atoms with Gasteiger partial charge in [0.1, 0.15) is 0 Å². The zero-order chi connectivity index (χ0) is 10.4. The van der Waals surface area contributed by atoms with E-state index >= 15 is 0 Å². The van der Waals surface area contributed by atoms with Crippen molar-refractivity contribution in [2.24, 2.45) is 11.8 Å². The number of nitrogens with one attached hydrogen (secondary N) is 1. The molecule has 3 atom stereocenters. The molecule has 14 heavy (non-hydrogen) atoms. The highest BCUT2D eigenvalue weighted by Crippen LogP contribution is 2.24. The summed E-state index contributed by atoms with van der Waals surface area (Å²) in [7, 11) is 2.08. The van der Waals surface area contributed by atoms with Crippen LogP contribution >= 0.6 is 0 Å². The molecular weight excluding hydrogens is 174 g/mol. The molecule has 0 aromatic carbocycles. The van der Waals surface area contributed by atoms with Gasteiger partial charge in [0, 0.05) is 12.6 Å². The van der Waals surface area contributed by atoms with Gasteiger partial charge in [-0.2, -0.15) is 0 Å². The van der Waals surface area contributed by atoms with E-state index < -0.39 is 0 Å². The van der Waals surface area contributed by atoms with E-state index in [-0.39, 0.29) is 0 Å². The van der Waals surface area contributed by atoms with Crippen LogP contribution in [0.25, 0.3) is 0 Å². The summed E-state index contributed by atoms with van der Waals surface area (Å²) in [6.07, 6.45) is 5.16. The van der Waals surface area contributed by atoms with E-state index in [2.05, 4.69) is 26.2 Å². The van der Waals surface area contributed by atoms with Crippen LogP contribution in [0.1, 0.15) is 39.5 Å². The molecule has 1 aliphatic rings. The monoisotopic (exact) mass is 199 g/mol. The Bertz CT molecular complexity index is 149. The van der Waals surface area contributed by atoms with E-state index in [1.807, 2.05) is 0 Å². The third kappa shape index (κ3) is 3.58. The maximum absolute atomic E-state index is 5.55. The van der Waals surface area contributed by atoms with Crippen LogP contribution in [-0.2, 0) is 4.74 Å². The minimum atomic E-state index is 0.683. The van der Waals surface area contributed by atoms with Crippen molar-refractivity contribution in [1.29, 1.82) is 0 Å². The van der Waals surface area contributed by atoms with Crippen molar-refractivity contribution in [3.8, 4) is 0 Å². The fraction of sp³-hybridized carbons (Fsp3) is 1.00. The summed E-state index contributed by atoms with van der Waals surface area (Å²) in [6.45, 7) is 6.53. The van der Waals surface area contributed by atoms with Gasteiger partial charge in [-0.15, -0.1) is 0 Å². The summed E-state index contributed by atoms with van der Waals surface area (Å²) in [5.74, 6) is 1.58. The van der Waals surface area contributed by atoms with Gasteiger partial charge in [-0.3, -0.25) is 0 Å². The summed E-state index contributed by atoms with van der Waals surface area (Å²) < 4.78 is 5.55. The van der Waals surface area contributed by atoms with Gasteiger partial charge in [0.2, 0.25) is 0 Å². The molecule has 1 saturated heterocycles. The molecule has 0 amide bonds. The molecule has 1 aliphatic heterocycles. The molecule has 0 aliphatic carbocycles. The van der Waals surface area contributed by atoms with Gasteiger partial charge < -0.3 is 10.1 Å². The molecule has 2 nitrogen and oxygen atoms in total. The van der Waals surface area contributed by atoms with E-state index in [4.69, 9.17) is 4.74 Å². The van der Waals surface area contributed by atoms with Gasteiger partial charge in [-0.25, -0.2) is 0 Å². The van der Waals surface area contributed by atoms with Gasteiger partial charge in [0.25, 0.3) is 0 Å². The molecule has 0 bridgehead atoms. The molecule has 3 unspecified atom stereocenters. The molecule has 0 aromatic heterocycles. The summed E-state index contributed by atoms with van der Waals surface area (Å²) in [5.41, 5.74) is 0. The van der Waals surface area contributed by atoms with E-state index in [1.54, 1.807) is 0 Å². The first-order chi connectivity index (χ1) is 6.77. The van der Waals surface area contributed by atoms with E-state index in [1.165, 1.54) is 25.7 Å². The lowest BCUT2D eigenvalue weighted by molar-refractivity contribution is 0.0247. The Morgan fingerprint density at radius 3 is 2.93 bits per heavy atom. The maximum atomic E-state index is 5.55. The van der Waals surface area contributed by atoms with E-state index in [0.717, 1.165) is 25.0 Å². The fourth-order valence-electron chi connectivity index (χ4n) is 2.54. The second-order valence-electron chi connectivity index (χ2n) is 4.65. The Balaban J connectivity index is 2.32. The minimum absolute atomic E-state index is 0.683. The lowest BCUT2D eigenvalue weighted by Crippen LogP contribution is -2.41. The predicted octanol–water partition coefficient (Wildman–Crippen LogP) is 2.44. The highest BCUT2D eigenvalue weighted by atomic mass is 16.5. The van der Waals surface area contributed by atoms with Crippen molar-refractivity contribution in [1.82, 2.24) is 5.32 Å². The van der Waals surface area contributed by atoms with Crippen molar-refractivity contribution in [2.45, 2.75) is 45.6 Å². The third-order valence-corrected chi connectivity index (χ3v) is 3.33. The second kappa shape index (κ2) is 6.41. The van der Waals surface area contributed by atoms with Crippen molar-refractivity contribution in [3.05, 3.63) is 0 Å². The van der Waals surface area contributed by atoms with Gasteiger partial charge in [-0.05, 0) is 31.7 Å². The molecule has 0 aromatic rings. The van der Waals surface area contributed by atoms with Gasteiger partial charge >= 0.3 is 0 Å². The molecule has 0 radical (unpaired) electrons. The Labute approximate surface area is 88.4 Å². The minimum Gasteiger partial charge on any atom is -0.381 e. The van der Waals surface area contributed by atoms with Crippen LogP contribution in [0.5, 0.6) is 0 Å². The van der Waals surface area contributed by atoms with Crippen LogP contribution in [0.3, 0.4) is 0 Å². The smallest absolute Gasteiger partial charge is 0.0509 e. The summed E-state index contributed by atoms with van der Waals surface area (Å²) in [6, 6.07) is 0.683. The first-order valence-electron chi connectivity index (χ1n) is 6.03. The quantitative estimate of drug-likeness (QED) is 0.734. The van der Waals surface area contributed by atoms with Crippen molar-refractivity contribution < 1.29 is 4.74 Å². The van der Waals surface area contributed by atoms with Crippen molar-refractivity contribution in [2.75, 3.05) is 20.3 Å².